The first-order valence-corrected chi connectivity index (χ1v) is 11.0. The second kappa shape index (κ2) is 10.5. The van der Waals surface area contributed by atoms with Gasteiger partial charge in [-0.25, -0.2) is 0 Å². The van der Waals surface area contributed by atoms with Crippen LogP contribution in [0.3, 0.4) is 0 Å². The van der Waals surface area contributed by atoms with Crippen molar-refractivity contribution in [2.75, 3.05) is 24.6 Å². The molecule has 0 aromatic heterocycles. The van der Waals surface area contributed by atoms with Gasteiger partial charge in [0.2, 0.25) is 5.91 Å². The van der Waals surface area contributed by atoms with Gasteiger partial charge in [0.1, 0.15) is 4.32 Å². The van der Waals surface area contributed by atoms with Gasteiger partial charge in [0.25, 0.3) is 5.91 Å². The fourth-order valence-corrected chi connectivity index (χ4v) is 4.44. The van der Waals surface area contributed by atoms with E-state index in [0.717, 1.165) is 16.8 Å². The van der Waals surface area contributed by atoms with E-state index in [2.05, 4.69) is 0 Å². The minimum atomic E-state index is -0.117. The summed E-state index contributed by atoms with van der Waals surface area (Å²) in [6, 6.07) is 17.2. The molecule has 7 heteroatoms. The van der Waals surface area contributed by atoms with Gasteiger partial charge in [-0.3, -0.25) is 14.5 Å². The second-order valence-electron chi connectivity index (χ2n) is 6.95. The molecule has 0 atom stereocenters. The number of hydrogen-bond acceptors (Lipinski definition) is 5. The maximum absolute atomic E-state index is 12.7. The maximum Gasteiger partial charge on any atom is 0.266 e. The Kier molecular flexibility index (Phi) is 7.79. The van der Waals surface area contributed by atoms with Gasteiger partial charge < -0.3 is 10.0 Å². The van der Waals surface area contributed by atoms with Crippen LogP contribution in [0.5, 0.6) is 0 Å². The van der Waals surface area contributed by atoms with Crippen molar-refractivity contribution in [3.63, 3.8) is 0 Å². The molecule has 0 bridgehead atoms. The van der Waals surface area contributed by atoms with E-state index in [1.807, 2.05) is 67.6 Å². The summed E-state index contributed by atoms with van der Waals surface area (Å²) in [5, 5.41) is 9.31. The van der Waals surface area contributed by atoms with Crippen molar-refractivity contribution in [2.24, 2.45) is 0 Å². The largest absolute Gasteiger partial charge is 0.395 e. The van der Waals surface area contributed by atoms with E-state index >= 15 is 0 Å². The van der Waals surface area contributed by atoms with E-state index in [9.17, 15) is 14.7 Å². The quantitative estimate of drug-likeness (QED) is 0.497. The van der Waals surface area contributed by atoms with Crippen LogP contribution in [-0.4, -0.2) is 45.8 Å². The van der Waals surface area contributed by atoms with Crippen molar-refractivity contribution in [2.45, 2.75) is 19.8 Å². The van der Waals surface area contributed by atoms with Gasteiger partial charge in [0.15, 0.2) is 0 Å². The maximum atomic E-state index is 12.7. The average Bonchev–Trinajstić information content (AvgIpc) is 3.01. The average molecular weight is 441 g/mol. The molecule has 0 radical (unpaired) electrons. The summed E-state index contributed by atoms with van der Waals surface area (Å²) in [5.41, 5.74) is 2.87. The van der Waals surface area contributed by atoms with E-state index in [-0.39, 0.29) is 31.4 Å². The zero-order chi connectivity index (χ0) is 21.5. The number of thiocarbonyl (C=S) groups is 1. The van der Waals surface area contributed by atoms with Gasteiger partial charge in [0, 0.05) is 25.2 Å². The van der Waals surface area contributed by atoms with Crippen molar-refractivity contribution < 1.29 is 14.7 Å². The summed E-state index contributed by atoms with van der Waals surface area (Å²) in [5.74, 6) is -0.204. The number of hydrogen-bond donors (Lipinski definition) is 1. The van der Waals surface area contributed by atoms with Crippen LogP contribution in [0.1, 0.15) is 24.0 Å². The van der Waals surface area contributed by atoms with E-state index in [4.69, 9.17) is 12.2 Å². The molecule has 30 heavy (non-hydrogen) atoms. The number of thioether (sulfide) groups is 1. The Morgan fingerprint density at radius 1 is 1.17 bits per heavy atom. The Balaban J connectivity index is 1.58. The zero-order valence-electron chi connectivity index (χ0n) is 16.8. The van der Waals surface area contributed by atoms with E-state index < -0.39 is 0 Å². The first kappa shape index (κ1) is 22.2. The number of aliphatic hydroxyl groups excluding tert-OH is 1. The van der Waals surface area contributed by atoms with Gasteiger partial charge in [-0.05, 0) is 37.1 Å². The first-order valence-electron chi connectivity index (χ1n) is 9.78. The van der Waals surface area contributed by atoms with Crippen molar-refractivity contribution in [1.29, 1.82) is 0 Å². The van der Waals surface area contributed by atoms with Crippen molar-refractivity contribution in [3.8, 4) is 0 Å². The molecule has 2 amide bonds. The molecule has 2 aromatic rings. The molecule has 1 fully saturated rings. The second-order valence-corrected chi connectivity index (χ2v) is 8.63. The Morgan fingerprint density at radius 3 is 2.53 bits per heavy atom. The van der Waals surface area contributed by atoms with Gasteiger partial charge in [0.05, 0.1) is 11.5 Å². The molecule has 0 saturated carbocycles. The fraction of sp³-hybridized carbons (Fsp3) is 0.261. The molecule has 156 valence electrons. The van der Waals surface area contributed by atoms with Crippen LogP contribution < -0.4 is 4.90 Å². The highest BCUT2D eigenvalue weighted by Gasteiger charge is 2.31. The molecule has 1 saturated heterocycles. The smallest absolute Gasteiger partial charge is 0.266 e. The lowest BCUT2D eigenvalue weighted by atomic mass is 10.1. The highest BCUT2D eigenvalue weighted by atomic mass is 32.2. The van der Waals surface area contributed by atoms with Crippen LogP contribution in [0.4, 0.5) is 5.69 Å². The molecule has 3 rings (SSSR count). The molecule has 2 aromatic carbocycles. The number of carbonyl (C=O) groups is 2. The molecular formula is C23H24N2O3S2. The van der Waals surface area contributed by atoms with Crippen LogP contribution in [0, 0.1) is 6.92 Å². The summed E-state index contributed by atoms with van der Waals surface area (Å²) in [7, 11) is 0. The van der Waals surface area contributed by atoms with Gasteiger partial charge in [-0.1, -0.05) is 72.0 Å². The number of rotatable bonds is 8. The van der Waals surface area contributed by atoms with Gasteiger partial charge >= 0.3 is 0 Å². The lowest BCUT2D eigenvalue weighted by Crippen LogP contribution is -2.35. The molecule has 0 unspecified atom stereocenters. The van der Waals surface area contributed by atoms with E-state index in [1.54, 1.807) is 9.80 Å². The summed E-state index contributed by atoms with van der Waals surface area (Å²) in [6.45, 7) is 2.54. The predicted octanol–water partition coefficient (Wildman–Crippen LogP) is 4.00. The topological polar surface area (TPSA) is 60.9 Å². The predicted molar refractivity (Wildman–Crippen MR) is 126 cm³/mol. The zero-order valence-corrected chi connectivity index (χ0v) is 18.4. The number of amides is 2. The Labute approximate surface area is 186 Å². The molecule has 0 spiro atoms. The minimum absolute atomic E-state index is 0.0871. The summed E-state index contributed by atoms with van der Waals surface area (Å²) < 4.78 is 0.515. The Bertz CT molecular complexity index is 943. The number of nitrogens with zero attached hydrogens (tertiary/aromatic N) is 2. The van der Waals surface area contributed by atoms with Gasteiger partial charge in [-0.2, -0.15) is 0 Å². The summed E-state index contributed by atoms with van der Waals surface area (Å²) in [4.78, 5) is 29.1. The van der Waals surface area contributed by atoms with Crippen molar-refractivity contribution >= 4 is 51.9 Å². The molecule has 0 aliphatic carbocycles. The number of carbonyl (C=O) groups excluding carboxylic acids is 2. The first-order chi connectivity index (χ1) is 14.5. The van der Waals surface area contributed by atoms with Crippen LogP contribution >= 0.6 is 24.0 Å². The molecule has 1 heterocycles. The van der Waals surface area contributed by atoms with E-state index in [0.29, 0.717) is 22.2 Å². The number of aryl methyl sites for hydroxylation is 1. The highest BCUT2D eigenvalue weighted by Crippen LogP contribution is 2.32. The SMILES string of the molecule is Cc1ccc(/C=C2\SC(=S)N(CCCC(=O)N(CCO)c3ccccc3)C2=O)cc1. The minimum Gasteiger partial charge on any atom is -0.395 e. The van der Waals surface area contributed by atoms with Crippen LogP contribution in [0.2, 0.25) is 0 Å². The third-order valence-electron chi connectivity index (χ3n) is 4.71. The monoisotopic (exact) mass is 440 g/mol. The lowest BCUT2D eigenvalue weighted by molar-refractivity contribution is -0.123. The molecule has 1 N–H and O–H groups in total. The summed E-state index contributed by atoms with van der Waals surface area (Å²) >= 11 is 6.67. The third-order valence-corrected chi connectivity index (χ3v) is 6.09. The Hall–Kier alpha value is -2.48. The normalized spacial score (nSPS) is 15.1. The third kappa shape index (κ3) is 5.56. The van der Waals surface area contributed by atoms with Crippen LogP contribution in [0.25, 0.3) is 6.08 Å². The molecular weight excluding hydrogens is 416 g/mol. The lowest BCUT2D eigenvalue weighted by Gasteiger charge is -2.22. The molecule has 1 aliphatic rings. The number of anilines is 1. The number of aliphatic hydroxyl groups is 1. The number of para-hydroxylation sites is 1. The Morgan fingerprint density at radius 2 is 1.87 bits per heavy atom. The number of benzene rings is 2. The highest BCUT2D eigenvalue weighted by molar-refractivity contribution is 8.26. The summed E-state index contributed by atoms with van der Waals surface area (Å²) in [6.07, 6.45) is 2.61. The van der Waals surface area contributed by atoms with Crippen molar-refractivity contribution in [3.05, 3.63) is 70.6 Å². The molecule has 5 nitrogen and oxygen atoms in total. The standard InChI is InChI=1S/C23H24N2O3S2/c1-17-9-11-18(12-10-17)16-20-22(28)25(23(29)30-20)13-5-8-21(27)24(14-15-26)19-6-3-2-4-7-19/h2-4,6-7,9-12,16,26H,5,8,13-15H2,1H3/b20-16-. The van der Waals surface area contributed by atoms with Crippen molar-refractivity contribution in [1.82, 2.24) is 4.90 Å². The van der Waals surface area contributed by atoms with Crippen LogP contribution in [-0.2, 0) is 9.59 Å². The van der Waals surface area contributed by atoms with Crippen LogP contribution in [0.15, 0.2) is 59.5 Å². The van der Waals surface area contributed by atoms with E-state index in [1.165, 1.54) is 11.8 Å². The van der Waals surface area contributed by atoms with Gasteiger partial charge in [-0.15, -0.1) is 0 Å². The molecule has 1 aliphatic heterocycles. The fourth-order valence-electron chi connectivity index (χ4n) is 3.14.